The molecular formula is C14H11BrF2O. The zero-order valence-electron chi connectivity index (χ0n) is 9.62. The van der Waals surface area contributed by atoms with Crippen molar-refractivity contribution in [3.63, 3.8) is 0 Å². The molecule has 1 unspecified atom stereocenters. The molecule has 0 radical (unpaired) electrons. The average Bonchev–Trinajstić information content (AvgIpc) is 2.34. The lowest BCUT2D eigenvalue weighted by Gasteiger charge is -2.15. The van der Waals surface area contributed by atoms with Crippen LogP contribution in [0.15, 0.2) is 40.9 Å². The highest BCUT2D eigenvalue weighted by molar-refractivity contribution is 9.10. The molecule has 4 heteroatoms. The zero-order chi connectivity index (χ0) is 13.3. The number of benzene rings is 2. The van der Waals surface area contributed by atoms with Crippen LogP contribution >= 0.6 is 15.9 Å². The van der Waals surface area contributed by atoms with E-state index >= 15 is 0 Å². The summed E-state index contributed by atoms with van der Waals surface area (Å²) in [6.07, 6.45) is -1.20. The Morgan fingerprint density at radius 1 is 1.06 bits per heavy atom. The van der Waals surface area contributed by atoms with Crippen molar-refractivity contribution < 1.29 is 13.9 Å². The Morgan fingerprint density at radius 2 is 1.78 bits per heavy atom. The fraction of sp³-hybridized carbons (Fsp3) is 0.143. The van der Waals surface area contributed by atoms with Gasteiger partial charge in [-0.2, -0.15) is 0 Å². The normalized spacial score (nSPS) is 12.5. The standard InChI is InChI=1S/C14H11BrF2O/c1-8-2-4-12(15)10(6-8)14(18)11-7-9(16)3-5-13(11)17/h2-7,14,18H,1H3. The Morgan fingerprint density at radius 3 is 2.50 bits per heavy atom. The minimum Gasteiger partial charge on any atom is -0.384 e. The molecule has 18 heavy (non-hydrogen) atoms. The van der Waals surface area contributed by atoms with E-state index in [2.05, 4.69) is 15.9 Å². The molecule has 0 aliphatic heterocycles. The van der Waals surface area contributed by atoms with Gasteiger partial charge in [0.15, 0.2) is 0 Å². The maximum atomic E-state index is 13.6. The van der Waals surface area contributed by atoms with Gasteiger partial charge >= 0.3 is 0 Å². The molecular weight excluding hydrogens is 302 g/mol. The van der Waals surface area contributed by atoms with Crippen LogP contribution in [0.25, 0.3) is 0 Å². The number of hydrogen-bond acceptors (Lipinski definition) is 1. The predicted molar refractivity (Wildman–Crippen MR) is 69.3 cm³/mol. The minimum absolute atomic E-state index is 0.0682. The molecule has 0 aromatic heterocycles. The molecule has 1 nitrogen and oxygen atoms in total. The smallest absolute Gasteiger partial charge is 0.129 e. The summed E-state index contributed by atoms with van der Waals surface area (Å²) in [6.45, 7) is 1.87. The van der Waals surface area contributed by atoms with Gasteiger partial charge < -0.3 is 5.11 Å². The number of rotatable bonds is 2. The Bertz CT molecular complexity index is 533. The molecule has 1 N–H and O–H groups in total. The van der Waals surface area contributed by atoms with Crippen molar-refractivity contribution in [2.45, 2.75) is 13.0 Å². The molecule has 0 aliphatic rings. The van der Waals surface area contributed by atoms with Gasteiger partial charge in [0.2, 0.25) is 0 Å². The Kier molecular flexibility index (Phi) is 3.78. The van der Waals surface area contributed by atoms with Crippen LogP contribution in [0.3, 0.4) is 0 Å². The summed E-state index contributed by atoms with van der Waals surface area (Å²) >= 11 is 3.30. The van der Waals surface area contributed by atoms with E-state index in [1.807, 2.05) is 13.0 Å². The van der Waals surface area contributed by atoms with Gasteiger partial charge in [-0.05, 0) is 36.8 Å². The molecule has 2 aromatic carbocycles. The van der Waals surface area contributed by atoms with Gasteiger partial charge in [0.25, 0.3) is 0 Å². The van der Waals surface area contributed by atoms with Crippen LogP contribution in [0.2, 0.25) is 0 Å². The number of hydrogen-bond donors (Lipinski definition) is 1. The van der Waals surface area contributed by atoms with Gasteiger partial charge in [0.05, 0.1) is 0 Å². The van der Waals surface area contributed by atoms with Crippen molar-refractivity contribution in [1.82, 2.24) is 0 Å². The van der Waals surface area contributed by atoms with Crippen LogP contribution in [0.1, 0.15) is 22.8 Å². The van der Waals surface area contributed by atoms with E-state index in [0.717, 1.165) is 23.8 Å². The Labute approximate surface area is 112 Å². The summed E-state index contributed by atoms with van der Waals surface area (Å²) < 4.78 is 27.4. The largest absolute Gasteiger partial charge is 0.384 e. The number of aryl methyl sites for hydroxylation is 1. The molecule has 2 aromatic rings. The number of aliphatic hydroxyl groups is 1. The molecule has 2 rings (SSSR count). The Hall–Kier alpha value is -1.26. The van der Waals surface area contributed by atoms with Gasteiger partial charge in [-0.3, -0.25) is 0 Å². The summed E-state index contributed by atoms with van der Waals surface area (Å²) in [5.74, 6) is -1.20. The van der Waals surface area contributed by atoms with E-state index in [0.29, 0.717) is 10.0 Å². The van der Waals surface area contributed by atoms with E-state index in [9.17, 15) is 13.9 Å². The molecule has 0 fully saturated rings. The topological polar surface area (TPSA) is 20.2 Å². The monoisotopic (exact) mass is 312 g/mol. The van der Waals surface area contributed by atoms with Gasteiger partial charge in [-0.1, -0.05) is 33.6 Å². The lowest BCUT2D eigenvalue weighted by molar-refractivity contribution is 0.213. The van der Waals surface area contributed by atoms with E-state index < -0.39 is 17.7 Å². The maximum absolute atomic E-state index is 13.6. The van der Waals surface area contributed by atoms with E-state index in [1.165, 1.54) is 0 Å². The SMILES string of the molecule is Cc1ccc(Br)c(C(O)c2cc(F)ccc2F)c1. The fourth-order valence-corrected chi connectivity index (χ4v) is 2.23. The summed E-state index contributed by atoms with van der Waals surface area (Å²) in [5, 5.41) is 10.2. The quantitative estimate of drug-likeness (QED) is 0.884. The highest BCUT2D eigenvalue weighted by Crippen LogP contribution is 2.31. The van der Waals surface area contributed by atoms with Crippen LogP contribution in [-0.4, -0.2) is 5.11 Å². The van der Waals surface area contributed by atoms with Crippen LogP contribution in [0.4, 0.5) is 8.78 Å². The summed E-state index contributed by atoms with van der Waals surface area (Å²) in [5.41, 5.74) is 1.38. The van der Waals surface area contributed by atoms with Crippen molar-refractivity contribution in [3.05, 3.63) is 69.2 Å². The summed E-state index contributed by atoms with van der Waals surface area (Å²) in [7, 11) is 0. The highest BCUT2D eigenvalue weighted by atomic mass is 79.9. The molecule has 0 heterocycles. The van der Waals surface area contributed by atoms with Crippen LogP contribution in [-0.2, 0) is 0 Å². The molecule has 0 saturated heterocycles. The van der Waals surface area contributed by atoms with Gasteiger partial charge in [0, 0.05) is 10.0 Å². The maximum Gasteiger partial charge on any atom is 0.129 e. The van der Waals surface area contributed by atoms with Crippen LogP contribution in [0, 0.1) is 18.6 Å². The van der Waals surface area contributed by atoms with Crippen molar-refractivity contribution in [2.24, 2.45) is 0 Å². The van der Waals surface area contributed by atoms with E-state index in [4.69, 9.17) is 0 Å². The first kappa shape index (κ1) is 13.2. The summed E-state index contributed by atoms with van der Waals surface area (Å²) in [4.78, 5) is 0. The van der Waals surface area contributed by atoms with Crippen molar-refractivity contribution in [1.29, 1.82) is 0 Å². The minimum atomic E-state index is -1.20. The average molecular weight is 313 g/mol. The van der Waals surface area contributed by atoms with E-state index in [1.54, 1.807) is 12.1 Å². The fourth-order valence-electron chi connectivity index (χ4n) is 1.76. The summed E-state index contributed by atoms with van der Waals surface area (Å²) in [6, 6.07) is 8.41. The molecule has 0 spiro atoms. The van der Waals surface area contributed by atoms with Crippen molar-refractivity contribution in [2.75, 3.05) is 0 Å². The third-order valence-corrected chi connectivity index (χ3v) is 3.42. The molecule has 0 aliphatic carbocycles. The molecule has 0 saturated carbocycles. The van der Waals surface area contributed by atoms with Gasteiger partial charge in [-0.15, -0.1) is 0 Å². The van der Waals surface area contributed by atoms with Crippen molar-refractivity contribution in [3.8, 4) is 0 Å². The molecule has 0 bridgehead atoms. The van der Waals surface area contributed by atoms with Crippen molar-refractivity contribution >= 4 is 15.9 Å². The second-order valence-corrected chi connectivity index (χ2v) is 4.95. The van der Waals surface area contributed by atoms with Crippen LogP contribution < -0.4 is 0 Å². The highest BCUT2D eigenvalue weighted by Gasteiger charge is 2.18. The first-order valence-electron chi connectivity index (χ1n) is 5.38. The second-order valence-electron chi connectivity index (χ2n) is 4.09. The van der Waals surface area contributed by atoms with Gasteiger partial charge in [0.1, 0.15) is 17.7 Å². The molecule has 1 atom stereocenters. The molecule has 94 valence electrons. The first-order valence-corrected chi connectivity index (χ1v) is 6.17. The third-order valence-electron chi connectivity index (χ3n) is 2.70. The Balaban J connectivity index is 2.50. The number of halogens is 3. The molecule has 0 amide bonds. The number of aliphatic hydroxyl groups excluding tert-OH is 1. The van der Waals surface area contributed by atoms with Gasteiger partial charge in [-0.25, -0.2) is 8.78 Å². The third kappa shape index (κ3) is 2.60. The predicted octanol–water partition coefficient (Wildman–Crippen LogP) is 4.12. The zero-order valence-corrected chi connectivity index (χ0v) is 11.2. The second kappa shape index (κ2) is 5.16. The van der Waals surface area contributed by atoms with Crippen LogP contribution in [0.5, 0.6) is 0 Å². The lowest BCUT2D eigenvalue weighted by atomic mass is 9.99. The lowest BCUT2D eigenvalue weighted by Crippen LogP contribution is -2.04. The first-order chi connectivity index (χ1) is 8.49. The van der Waals surface area contributed by atoms with E-state index in [-0.39, 0.29) is 5.56 Å².